The molecular formula is C12H10F3NO2. The van der Waals surface area contributed by atoms with Crippen molar-refractivity contribution in [2.45, 2.75) is 12.9 Å². The standard InChI is InChI=1S/C12H10F3NO2/c13-12(14,15)18-10-5-3-9(4-6-10)16-8-11-2-1-7-17-11/h1-7,16H,8H2. The van der Waals surface area contributed by atoms with Crippen LogP contribution in [-0.2, 0) is 6.54 Å². The van der Waals surface area contributed by atoms with Crippen molar-refractivity contribution < 1.29 is 22.3 Å². The summed E-state index contributed by atoms with van der Waals surface area (Å²) in [5.74, 6) is 0.497. The molecule has 0 aliphatic rings. The molecule has 3 nitrogen and oxygen atoms in total. The van der Waals surface area contributed by atoms with E-state index in [2.05, 4.69) is 10.1 Å². The molecule has 0 saturated carbocycles. The maximum atomic E-state index is 11.9. The number of hydrogen-bond donors (Lipinski definition) is 1. The van der Waals surface area contributed by atoms with Crippen LogP contribution in [0.25, 0.3) is 0 Å². The minimum absolute atomic E-state index is 0.244. The predicted molar refractivity (Wildman–Crippen MR) is 59.2 cm³/mol. The number of nitrogens with one attached hydrogen (secondary N) is 1. The highest BCUT2D eigenvalue weighted by atomic mass is 19.4. The number of halogens is 3. The van der Waals surface area contributed by atoms with E-state index in [1.54, 1.807) is 18.4 Å². The summed E-state index contributed by atoms with van der Waals surface area (Å²) >= 11 is 0. The molecular weight excluding hydrogens is 247 g/mol. The third-order valence-corrected chi connectivity index (χ3v) is 2.13. The zero-order valence-corrected chi connectivity index (χ0v) is 9.20. The summed E-state index contributed by atoms with van der Waals surface area (Å²) in [4.78, 5) is 0. The first-order chi connectivity index (χ1) is 8.53. The molecule has 2 aromatic rings. The van der Waals surface area contributed by atoms with Gasteiger partial charge in [0.2, 0.25) is 0 Å². The van der Waals surface area contributed by atoms with Crippen molar-refractivity contribution in [3.05, 3.63) is 48.4 Å². The lowest BCUT2D eigenvalue weighted by atomic mass is 10.3. The van der Waals surface area contributed by atoms with E-state index < -0.39 is 6.36 Å². The normalized spacial score (nSPS) is 11.3. The van der Waals surface area contributed by atoms with Crippen molar-refractivity contribution in [1.82, 2.24) is 0 Å². The molecule has 1 aromatic heterocycles. The van der Waals surface area contributed by atoms with Crippen molar-refractivity contribution in [2.75, 3.05) is 5.32 Å². The van der Waals surface area contributed by atoms with Crippen LogP contribution >= 0.6 is 0 Å². The molecule has 0 spiro atoms. The van der Waals surface area contributed by atoms with Crippen molar-refractivity contribution in [3.63, 3.8) is 0 Å². The Morgan fingerprint density at radius 1 is 1.11 bits per heavy atom. The van der Waals surface area contributed by atoms with E-state index in [0.29, 0.717) is 12.2 Å². The van der Waals surface area contributed by atoms with Crippen LogP contribution in [0.5, 0.6) is 5.75 Å². The molecule has 2 rings (SSSR count). The van der Waals surface area contributed by atoms with Gasteiger partial charge in [-0.3, -0.25) is 0 Å². The van der Waals surface area contributed by atoms with Crippen LogP contribution in [0.1, 0.15) is 5.76 Å². The summed E-state index contributed by atoms with van der Waals surface area (Å²) in [6.45, 7) is 0.465. The van der Waals surface area contributed by atoms with Gasteiger partial charge in [0.15, 0.2) is 0 Å². The predicted octanol–water partition coefficient (Wildman–Crippen LogP) is 3.79. The van der Waals surface area contributed by atoms with Gasteiger partial charge in [0.1, 0.15) is 11.5 Å². The minimum Gasteiger partial charge on any atom is -0.467 e. The highest BCUT2D eigenvalue weighted by Crippen LogP contribution is 2.24. The average Bonchev–Trinajstić information content (AvgIpc) is 2.79. The lowest BCUT2D eigenvalue weighted by Gasteiger charge is -2.09. The number of alkyl halides is 3. The van der Waals surface area contributed by atoms with E-state index in [9.17, 15) is 13.2 Å². The van der Waals surface area contributed by atoms with E-state index in [0.717, 1.165) is 5.76 Å². The van der Waals surface area contributed by atoms with Crippen LogP contribution in [0.2, 0.25) is 0 Å². The number of hydrogen-bond acceptors (Lipinski definition) is 3. The van der Waals surface area contributed by atoms with Crippen LogP contribution in [0, 0.1) is 0 Å². The second kappa shape index (κ2) is 5.03. The van der Waals surface area contributed by atoms with Gasteiger partial charge in [-0.2, -0.15) is 0 Å². The van der Waals surface area contributed by atoms with E-state index in [4.69, 9.17) is 4.42 Å². The Morgan fingerprint density at radius 2 is 1.83 bits per heavy atom. The largest absolute Gasteiger partial charge is 0.573 e. The molecule has 0 aliphatic carbocycles. The van der Waals surface area contributed by atoms with Gasteiger partial charge in [-0.25, -0.2) is 0 Å². The van der Waals surface area contributed by atoms with Crippen LogP contribution in [0.3, 0.4) is 0 Å². The average molecular weight is 257 g/mol. The second-order valence-electron chi connectivity index (χ2n) is 3.51. The Morgan fingerprint density at radius 3 is 2.39 bits per heavy atom. The lowest BCUT2D eigenvalue weighted by molar-refractivity contribution is -0.274. The van der Waals surface area contributed by atoms with Gasteiger partial charge < -0.3 is 14.5 Å². The molecule has 0 unspecified atom stereocenters. The quantitative estimate of drug-likeness (QED) is 0.904. The molecule has 0 radical (unpaired) electrons. The summed E-state index contributed by atoms with van der Waals surface area (Å²) < 4.78 is 44.6. The Hall–Kier alpha value is -2.11. The molecule has 1 aromatic carbocycles. The van der Waals surface area contributed by atoms with Gasteiger partial charge in [-0.15, -0.1) is 13.2 Å². The summed E-state index contributed by atoms with van der Waals surface area (Å²) in [5.41, 5.74) is 0.681. The smallest absolute Gasteiger partial charge is 0.467 e. The van der Waals surface area contributed by atoms with Crippen LogP contribution in [0.4, 0.5) is 18.9 Å². The zero-order valence-electron chi connectivity index (χ0n) is 9.20. The molecule has 0 fully saturated rings. The fraction of sp³-hybridized carbons (Fsp3) is 0.167. The van der Waals surface area contributed by atoms with E-state index in [1.165, 1.54) is 24.3 Å². The van der Waals surface area contributed by atoms with Crippen LogP contribution < -0.4 is 10.1 Å². The van der Waals surface area contributed by atoms with E-state index >= 15 is 0 Å². The number of benzene rings is 1. The second-order valence-corrected chi connectivity index (χ2v) is 3.51. The molecule has 96 valence electrons. The van der Waals surface area contributed by atoms with Crippen molar-refractivity contribution >= 4 is 5.69 Å². The summed E-state index contributed by atoms with van der Waals surface area (Å²) in [7, 11) is 0. The Labute approximate surface area is 101 Å². The Balaban J connectivity index is 1.91. The number of ether oxygens (including phenoxy) is 1. The zero-order chi connectivity index (χ0) is 13.0. The van der Waals surface area contributed by atoms with Gasteiger partial charge in [-0.1, -0.05) is 0 Å². The molecule has 18 heavy (non-hydrogen) atoms. The van der Waals surface area contributed by atoms with Crippen molar-refractivity contribution in [1.29, 1.82) is 0 Å². The van der Waals surface area contributed by atoms with Crippen LogP contribution in [-0.4, -0.2) is 6.36 Å². The number of rotatable bonds is 4. The van der Waals surface area contributed by atoms with Crippen molar-refractivity contribution in [2.24, 2.45) is 0 Å². The highest BCUT2D eigenvalue weighted by molar-refractivity contribution is 5.46. The fourth-order valence-corrected chi connectivity index (χ4v) is 1.38. The van der Waals surface area contributed by atoms with Crippen LogP contribution in [0.15, 0.2) is 47.1 Å². The fourth-order valence-electron chi connectivity index (χ4n) is 1.38. The lowest BCUT2D eigenvalue weighted by Crippen LogP contribution is -2.17. The molecule has 1 N–H and O–H groups in total. The molecule has 0 aliphatic heterocycles. The van der Waals surface area contributed by atoms with Gasteiger partial charge in [-0.05, 0) is 36.4 Å². The van der Waals surface area contributed by atoms with Gasteiger partial charge in [0.25, 0.3) is 0 Å². The summed E-state index contributed by atoms with van der Waals surface area (Å²) in [6, 6.07) is 9.06. The first-order valence-electron chi connectivity index (χ1n) is 5.15. The molecule has 0 bridgehead atoms. The first-order valence-corrected chi connectivity index (χ1v) is 5.15. The number of furan rings is 1. The molecule has 6 heteroatoms. The summed E-state index contributed by atoms with van der Waals surface area (Å²) in [5, 5.41) is 3.01. The molecule has 0 amide bonds. The molecule has 1 heterocycles. The topological polar surface area (TPSA) is 34.4 Å². The number of anilines is 1. The maximum absolute atomic E-state index is 11.9. The third kappa shape index (κ3) is 3.73. The molecule has 0 saturated heterocycles. The SMILES string of the molecule is FC(F)(F)Oc1ccc(NCc2ccco2)cc1. The first kappa shape index (κ1) is 12.3. The van der Waals surface area contributed by atoms with Crippen molar-refractivity contribution in [3.8, 4) is 5.75 Å². The third-order valence-electron chi connectivity index (χ3n) is 2.13. The Kier molecular flexibility index (Phi) is 3.45. The Bertz CT molecular complexity index is 477. The van der Waals surface area contributed by atoms with E-state index in [1.807, 2.05) is 0 Å². The maximum Gasteiger partial charge on any atom is 0.573 e. The van der Waals surface area contributed by atoms with Gasteiger partial charge >= 0.3 is 6.36 Å². The minimum atomic E-state index is -4.66. The van der Waals surface area contributed by atoms with Gasteiger partial charge in [0.05, 0.1) is 12.8 Å². The summed E-state index contributed by atoms with van der Waals surface area (Å²) in [6.07, 6.45) is -3.11. The monoisotopic (exact) mass is 257 g/mol. The highest BCUT2D eigenvalue weighted by Gasteiger charge is 2.30. The van der Waals surface area contributed by atoms with E-state index in [-0.39, 0.29) is 5.75 Å². The van der Waals surface area contributed by atoms with Gasteiger partial charge in [0, 0.05) is 5.69 Å². The molecule has 0 atom stereocenters.